The Morgan fingerprint density at radius 1 is 1.16 bits per heavy atom. The molecule has 0 radical (unpaired) electrons. The molecule has 0 bridgehead atoms. The first-order valence-electron chi connectivity index (χ1n) is 7.71. The molecule has 0 aliphatic carbocycles. The smallest absolute Gasteiger partial charge is 0.407 e. The van der Waals surface area contributed by atoms with Crippen LogP contribution in [0.2, 0.25) is 5.02 Å². The van der Waals surface area contributed by atoms with E-state index in [1.807, 2.05) is 0 Å². The van der Waals surface area contributed by atoms with E-state index in [1.165, 1.54) is 6.26 Å². The van der Waals surface area contributed by atoms with E-state index in [2.05, 4.69) is 15.8 Å². The molecule has 2 amide bonds. The molecule has 8 heteroatoms. The quantitative estimate of drug-likeness (QED) is 0.793. The summed E-state index contributed by atoms with van der Waals surface area (Å²) in [6, 6.07) is 6.98. The van der Waals surface area contributed by atoms with Crippen LogP contribution in [0.25, 0.3) is 11.1 Å². The number of amides is 2. The Bertz CT molecular complexity index is 735. The fourth-order valence-corrected chi connectivity index (χ4v) is 2.10. The van der Waals surface area contributed by atoms with Gasteiger partial charge < -0.3 is 19.9 Å². The molecule has 0 saturated carbocycles. The molecule has 0 fully saturated rings. The third kappa shape index (κ3) is 5.79. The maximum absolute atomic E-state index is 12.2. The molecule has 0 spiro atoms. The summed E-state index contributed by atoms with van der Waals surface area (Å²) in [5, 5.41) is 9.57. The lowest BCUT2D eigenvalue weighted by molar-refractivity contribution is 0.0526. The first kappa shape index (κ1) is 18.8. The number of aromatic nitrogens is 1. The normalized spacial score (nSPS) is 11.0. The van der Waals surface area contributed by atoms with E-state index >= 15 is 0 Å². The van der Waals surface area contributed by atoms with Crippen LogP contribution in [0.15, 0.2) is 35.1 Å². The Balaban J connectivity index is 1.87. The topological polar surface area (TPSA) is 93.5 Å². The van der Waals surface area contributed by atoms with Gasteiger partial charge in [-0.05, 0) is 38.5 Å². The molecule has 0 aliphatic rings. The first-order valence-corrected chi connectivity index (χ1v) is 8.09. The van der Waals surface area contributed by atoms with Crippen LogP contribution in [-0.2, 0) is 4.74 Å². The minimum atomic E-state index is -0.568. The zero-order chi connectivity index (χ0) is 18.4. The first-order chi connectivity index (χ1) is 11.8. The molecule has 2 aromatic rings. The van der Waals surface area contributed by atoms with E-state index in [1.54, 1.807) is 45.0 Å². The third-order valence-corrected chi connectivity index (χ3v) is 3.27. The molecule has 25 heavy (non-hydrogen) atoms. The van der Waals surface area contributed by atoms with Crippen LogP contribution >= 0.6 is 11.6 Å². The van der Waals surface area contributed by atoms with Crippen molar-refractivity contribution in [2.45, 2.75) is 26.4 Å². The molecule has 2 N–H and O–H groups in total. The second kappa shape index (κ2) is 8.02. The number of carbonyl (C=O) groups is 2. The van der Waals surface area contributed by atoms with Crippen molar-refractivity contribution >= 4 is 23.6 Å². The number of carbonyl (C=O) groups excluding carboxylic acids is 2. The molecule has 0 atom stereocenters. The highest BCUT2D eigenvalue weighted by molar-refractivity contribution is 6.30. The fourth-order valence-electron chi connectivity index (χ4n) is 1.97. The SMILES string of the molecule is CC(C)(C)OC(=O)NCCNC(=O)c1nocc1-c1ccc(Cl)cc1. The average Bonchev–Trinajstić information content (AvgIpc) is 3.00. The summed E-state index contributed by atoms with van der Waals surface area (Å²) in [6.07, 6.45) is 0.863. The lowest BCUT2D eigenvalue weighted by Crippen LogP contribution is -2.38. The summed E-state index contributed by atoms with van der Waals surface area (Å²) in [7, 11) is 0. The van der Waals surface area contributed by atoms with Crippen LogP contribution in [0.3, 0.4) is 0 Å². The Kier molecular flexibility index (Phi) is 6.03. The van der Waals surface area contributed by atoms with Crippen molar-refractivity contribution in [1.82, 2.24) is 15.8 Å². The predicted molar refractivity (Wildman–Crippen MR) is 93.5 cm³/mol. The molecule has 1 heterocycles. The maximum atomic E-state index is 12.2. The molecule has 0 unspecified atom stereocenters. The van der Waals surface area contributed by atoms with Crippen molar-refractivity contribution in [2.75, 3.05) is 13.1 Å². The van der Waals surface area contributed by atoms with E-state index in [0.29, 0.717) is 10.6 Å². The van der Waals surface area contributed by atoms with Gasteiger partial charge in [0.2, 0.25) is 0 Å². The van der Waals surface area contributed by atoms with Crippen molar-refractivity contribution in [2.24, 2.45) is 0 Å². The van der Waals surface area contributed by atoms with Crippen molar-refractivity contribution < 1.29 is 18.8 Å². The second-order valence-electron chi connectivity index (χ2n) is 6.27. The second-order valence-corrected chi connectivity index (χ2v) is 6.70. The highest BCUT2D eigenvalue weighted by atomic mass is 35.5. The number of halogens is 1. The largest absolute Gasteiger partial charge is 0.444 e. The average molecular weight is 366 g/mol. The van der Waals surface area contributed by atoms with Crippen LogP contribution in [0.5, 0.6) is 0 Å². The van der Waals surface area contributed by atoms with Gasteiger partial charge in [0, 0.05) is 18.1 Å². The summed E-state index contributed by atoms with van der Waals surface area (Å²) in [6.45, 7) is 5.78. The van der Waals surface area contributed by atoms with Gasteiger partial charge in [0.25, 0.3) is 5.91 Å². The molecular weight excluding hydrogens is 346 g/mol. The lowest BCUT2D eigenvalue weighted by atomic mass is 10.1. The van der Waals surface area contributed by atoms with Crippen LogP contribution < -0.4 is 10.6 Å². The fraction of sp³-hybridized carbons (Fsp3) is 0.353. The van der Waals surface area contributed by atoms with Gasteiger partial charge in [0.1, 0.15) is 11.9 Å². The van der Waals surface area contributed by atoms with E-state index in [0.717, 1.165) is 5.56 Å². The molecule has 134 valence electrons. The molecule has 0 saturated heterocycles. The van der Waals surface area contributed by atoms with Gasteiger partial charge in [0.15, 0.2) is 5.69 Å². The predicted octanol–water partition coefficient (Wildman–Crippen LogP) is 3.25. The summed E-state index contributed by atoms with van der Waals surface area (Å²) in [4.78, 5) is 23.8. The maximum Gasteiger partial charge on any atom is 0.407 e. The summed E-state index contributed by atoms with van der Waals surface area (Å²) in [5.74, 6) is -0.398. The number of rotatable bonds is 5. The monoisotopic (exact) mass is 365 g/mol. The van der Waals surface area contributed by atoms with Crippen LogP contribution in [-0.4, -0.2) is 35.8 Å². The van der Waals surface area contributed by atoms with Gasteiger partial charge >= 0.3 is 6.09 Å². The van der Waals surface area contributed by atoms with Crippen molar-refractivity contribution in [1.29, 1.82) is 0 Å². The minimum absolute atomic E-state index is 0.166. The number of hydrogen-bond donors (Lipinski definition) is 2. The van der Waals surface area contributed by atoms with Crippen molar-refractivity contribution in [3.05, 3.63) is 41.2 Å². The van der Waals surface area contributed by atoms with Gasteiger partial charge in [-0.2, -0.15) is 0 Å². The van der Waals surface area contributed by atoms with Gasteiger partial charge in [-0.15, -0.1) is 0 Å². The van der Waals surface area contributed by atoms with Crippen molar-refractivity contribution in [3.63, 3.8) is 0 Å². The Labute approximate surface area is 150 Å². The van der Waals surface area contributed by atoms with E-state index in [4.69, 9.17) is 20.9 Å². The third-order valence-electron chi connectivity index (χ3n) is 3.02. The van der Waals surface area contributed by atoms with Gasteiger partial charge in [-0.1, -0.05) is 28.9 Å². The summed E-state index contributed by atoms with van der Waals surface area (Å²) >= 11 is 5.86. The molecule has 1 aromatic carbocycles. The number of alkyl carbamates (subject to hydrolysis) is 1. The zero-order valence-corrected chi connectivity index (χ0v) is 15.0. The minimum Gasteiger partial charge on any atom is -0.444 e. The number of nitrogens with zero attached hydrogens (tertiary/aromatic N) is 1. The van der Waals surface area contributed by atoms with Crippen molar-refractivity contribution in [3.8, 4) is 11.1 Å². The molecule has 1 aromatic heterocycles. The molecule has 2 rings (SSSR count). The molecule has 7 nitrogen and oxygen atoms in total. The standard InChI is InChI=1S/C17H20ClN3O4/c1-17(2,3)25-16(23)20-9-8-19-15(22)14-13(10-24-21-14)11-4-6-12(18)7-5-11/h4-7,10H,8-9H2,1-3H3,(H,19,22)(H,20,23). The van der Waals surface area contributed by atoms with E-state index in [-0.39, 0.29) is 18.8 Å². The number of nitrogens with one attached hydrogen (secondary N) is 2. The summed E-state index contributed by atoms with van der Waals surface area (Å²) < 4.78 is 10.0. The Morgan fingerprint density at radius 2 is 1.80 bits per heavy atom. The van der Waals surface area contributed by atoms with Crippen LogP contribution in [0.1, 0.15) is 31.3 Å². The van der Waals surface area contributed by atoms with Crippen LogP contribution in [0.4, 0.5) is 4.79 Å². The number of hydrogen-bond acceptors (Lipinski definition) is 5. The van der Waals surface area contributed by atoms with E-state index < -0.39 is 17.6 Å². The highest BCUT2D eigenvalue weighted by Gasteiger charge is 2.18. The summed E-state index contributed by atoms with van der Waals surface area (Å²) in [5.41, 5.74) is 0.929. The number of ether oxygens (including phenoxy) is 1. The van der Waals surface area contributed by atoms with E-state index in [9.17, 15) is 9.59 Å². The van der Waals surface area contributed by atoms with Crippen LogP contribution in [0, 0.1) is 0 Å². The van der Waals surface area contributed by atoms with Gasteiger partial charge in [-0.3, -0.25) is 4.79 Å². The number of benzene rings is 1. The highest BCUT2D eigenvalue weighted by Crippen LogP contribution is 2.24. The molecular formula is C17H20ClN3O4. The van der Waals surface area contributed by atoms with Gasteiger partial charge in [-0.25, -0.2) is 4.79 Å². The Morgan fingerprint density at radius 3 is 2.44 bits per heavy atom. The molecule has 0 aliphatic heterocycles. The zero-order valence-electron chi connectivity index (χ0n) is 14.3. The van der Waals surface area contributed by atoms with Gasteiger partial charge in [0.05, 0.1) is 5.56 Å². The Hall–Kier alpha value is -2.54. The lowest BCUT2D eigenvalue weighted by Gasteiger charge is -2.19.